The first-order valence-electron chi connectivity index (χ1n) is 6.19. The van der Waals surface area contributed by atoms with Crippen LogP contribution in [0, 0.1) is 12.3 Å². The molecule has 1 aliphatic rings. The van der Waals surface area contributed by atoms with Gasteiger partial charge in [-0.15, -0.1) is 0 Å². The van der Waals surface area contributed by atoms with Crippen LogP contribution in [-0.2, 0) is 0 Å². The van der Waals surface area contributed by atoms with Crippen molar-refractivity contribution < 1.29 is 9.21 Å². The lowest BCUT2D eigenvalue weighted by Crippen LogP contribution is -2.40. The van der Waals surface area contributed by atoms with E-state index in [1.165, 1.54) is 12.8 Å². The normalized spacial score (nSPS) is 18.2. The third kappa shape index (κ3) is 2.52. The zero-order valence-electron chi connectivity index (χ0n) is 10.3. The molecule has 0 radical (unpaired) electrons. The molecule has 1 aliphatic carbocycles. The fourth-order valence-electron chi connectivity index (χ4n) is 2.56. The van der Waals surface area contributed by atoms with Crippen LogP contribution in [0.5, 0.6) is 0 Å². The van der Waals surface area contributed by atoms with Crippen molar-refractivity contribution in [1.29, 1.82) is 0 Å². The van der Waals surface area contributed by atoms with E-state index >= 15 is 0 Å². The molecule has 3 N–H and O–H groups in total. The average molecular weight is 236 g/mol. The molecule has 1 heterocycles. The Bertz CT molecular complexity index is 392. The van der Waals surface area contributed by atoms with Gasteiger partial charge in [0.2, 0.25) is 0 Å². The van der Waals surface area contributed by atoms with E-state index in [0.29, 0.717) is 24.4 Å². The Morgan fingerprint density at radius 3 is 2.76 bits per heavy atom. The standard InChI is InChI=1S/C13H20N2O2/c1-10-11(4-7-17-10)12(16)15-9-13(8-14)5-2-3-6-13/h4,7H,2-3,5-6,8-9,14H2,1H3,(H,15,16). The minimum Gasteiger partial charge on any atom is -0.469 e. The number of hydrogen-bond donors (Lipinski definition) is 2. The van der Waals surface area contributed by atoms with Crippen LogP contribution in [-0.4, -0.2) is 19.0 Å². The fraction of sp³-hybridized carbons (Fsp3) is 0.615. The highest BCUT2D eigenvalue weighted by atomic mass is 16.3. The molecule has 0 bridgehead atoms. The first-order valence-corrected chi connectivity index (χ1v) is 6.19. The van der Waals surface area contributed by atoms with Gasteiger partial charge in [0.15, 0.2) is 0 Å². The van der Waals surface area contributed by atoms with Crippen LogP contribution in [0.1, 0.15) is 41.8 Å². The number of furan rings is 1. The van der Waals surface area contributed by atoms with Crippen molar-refractivity contribution in [3.05, 3.63) is 23.7 Å². The van der Waals surface area contributed by atoms with Gasteiger partial charge in [-0.25, -0.2) is 0 Å². The van der Waals surface area contributed by atoms with Crippen molar-refractivity contribution in [2.24, 2.45) is 11.1 Å². The van der Waals surface area contributed by atoms with Crippen LogP contribution in [0.15, 0.2) is 16.7 Å². The van der Waals surface area contributed by atoms with Crippen molar-refractivity contribution in [1.82, 2.24) is 5.32 Å². The van der Waals surface area contributed by atoms with Crippen LogP contribution >= 0.6 is 0 Å². The van der Waals surface area contributed by atoms with Gasteiger partial charge in [0, 0.05) is 6.54 Å². The van der Waals surface area contributed by atoms with Crippen molar-refractivity contribution in [3.63, 3.8) is 0 Å². The third-order valence-electron chi connectivity index (χ3n) is 3.82. The zero-order valence-corrected chi connectivity index (χ0v) is 10.3. The molecule has 0 spiro atoms. The predicted octanol–water partition coefficient (Wildman–Crippen LogP) is 1.84. The summed E-state index contributed by atoms with van der Waals surface area (Å²) < 4.78 is 5.12. The maximum absolute atomic E-state index is 11.9. The lowest BCUT2D eigenvalue weighted by molar-refractivity contribution is 0.0930. The number of rotatable bonds is 4. The Kier molecular flexibility index (Phi) is 3.52. The molecule has 0 aromatic carbocycles. The van der Waals surface area contributed by atoms with E-state index in [2.05, 4.69) is 5.32 Å². The molecule has 0 aliphatic heterocycles. The monoisotopic (exact) mass is 236 g/mol. The summed E-state index contributed by atoms with van der Waals surface area (Å²) in [5.41, 5.74) is 6.57. The summed E-state index contributed by atoms with van der Waals surface area (Å²) in [7, 11) is 0. The second kappa shape index (κ2) is 4.92. The maximum Gasteiger partial charge on any atom is 0.254 e. The summed E-state index contributed by atoms with van der Waals surface area (Å²) in [5.74, 6) is 0.603. The van der Waals surface area contributed by atoms with Crippen molar-refractivity contribution in [2.75, 3.05) is 13.1 Å². The summed E-state index contributed by atoms with van der Waals surface area (Å²) in [4.78, 5) is 11.9. The average Bonchev–Trinajstić information content (AvgIpc) is 2.95. The highest BCUT2D eigenvalue weighted by Gasteiger charge is 2.32. The molecule has 1 aromatic heterocycles. The summed E-state index contributed by atoms with van der Waals surface area (Å²) in [5, 5.41) is 2.98. The van der Waals surface area contributed by atoms with Crippen LogP contribution in [0.25, 0.3) is 0 Å². The molecule has 17 heavy (non-hydrogen) atoms. The zero-order chi connectivity index (χ0) is 12.3. The van der Waals surface area contributed by atoms with Gasteiger partial charge in [-0.1, -0.05) is 12.8 Å². The molecule has 2 rings (SSSR count). The van der Waals surface area contributed by atoms with E-state index < -0.39 is 0 Å². The molecule has 1 amide bonds. The second-order valence-corrected chi connectivity index (χ2v) is 4.98. The predicted molar refractivity (Wildman–Crippen MR) is 65.7 cm³/mol. The van der Waals surface area contributed by atoms with Gasteiger partial charge in [0.05, 0.1) is 11.8 Å². The van der Waals surface area contributed by atoms with E-state index in [9.17, 15) is 4.79 Å². The Labute approximate surface area is 102 Å². The summed E-state index contributed by atoms with van der Waals surface area (Å²) >= 11 is 0. The van der Waals surface area contributed by atoms with Crippen molar-refractivity contribution in [3.8, 4) is 0 Å². The highest BCUT2D eigenvalue weighted by Crippen LogP contribution is 2.36. The summed E-state index contributed by atoms with van der Waals surface area (Å²) in [6.45, 7) is 3.12. The van der Waals surface area contributed by atoms with Crippen molar-refractivity contribution >= 4 is 5.91 Å². The van der Waals surface area contributed by atoms with Crippen LogP contribution in [0.2, 0.25) is 0 Å². The van der Waals surface area contributed by atoms with E-state index in [0.717, 1.165) is 12.8 Å². The number of nitrogens with two attached hydrogens (primary N) is 1. The largest absolute Gasteiger partial charge is 0.469 e. The first kappa shape index (κ1) is 12.2. The lowest BCUT2D eigenvalue weighted by Gasteiger charge is -2.27. The molecule has 1 saturated carbocycles. The molecule has 0 atom stereocenters. The quantitative estimate of drug-likeness (QED) is 0.838. The third-order valence-corrected chi connectivity index (χ3v) is 3.82. The smallest absolute Gasteiger partial charge is 0.254 e. The number of aryl methyl sites for hydroxylation is 1. The van der Waals surface area contributed by atoms with Crippen molar-refractivity contribution in [2.45, 2.75) is 32.6 Å². The summed E-state index contributed by atoms with van der Waals surface area (Å²) in [6.07, 6.45) is 6.22. The number of nitrogens with one attached hydrogen (secondary N) is 1. The minimum atomic E-state index is -0.0593. The highest BCUT2D eigenvalue weighted by molar-refractivity contribution is 5.95. The lowest BCUT2D eigenvalue weighted by atomic mass is 9.86. The topological polar surface area (TPSA) is 68.3 Å². The molecule has 94 valence electrons. The van der Waals surface area contributed by atoms with Gasteiger partial charge >= 0.3 is 0 Å². The molecule has 0 unspecified atom stereocenters. The maximum atomic E-state index is 11.9. The van der Waals surface area contributed by atoms with E-state index in [-0.39, 0.29) is 11.3 Å². The molecule has 4 heteroatoms. The molecule has 0 saturated heterocycles. The Morgan fingerprint density at radius 1 is 1.53 bits per heavy atom. The van der Waals surface area contributed by atoms with Gasteiger partial charge in [0.25, 0.3) is 5.91 Å². The molecular formula is C13H20N2O2. The minimum absolute atomic E-state index is 0.0593. The molecule has 1 aromatic rings. The van der Waals surface area contributed by atoms with Crippen LogP contribution < -0.4 is 11.1 Å². The van der Waals surface area contributed by atoms with Gasteiger partial charge in [-0.05, 0) is 37.8 Å². The Morgan fingerprint density at radius 2 is 2.24 bits per heavy atom. The van der Waals surface area contributed by atoms with Gasteiger partial charge in [0.1, 0.15) is 5.76 Å². The molecule has 1 fully saturated rings. The van der Waals surface area contributed by atoms with Crippen LogP contribution in [0.4, 0.5) is 0 Å². The van der Waals surface area contributed by atoms with Gasteiger partial charge < -0.3 is 15.5 Å². The number of hydrogen-bond acceptors (Lipinski definition) is 3. The first-order chi connectivity index (χ1) is 8.17. The van der Waals surface area contributed by atoms with Gasteiger partial charge in [-0.2, -0.15) is 0 Å². The Hall–Kier alpha value is -1.29. The van der Waals surface area contributed by atoms with E-state index in [1.54, 1.807) is 19.3 Å². The number of carbonyl (C=O) groups is 1. The number of carbonyl (C=O) groups excluding carboxylic acids is 1. The van der Waals surface area contributed by atoms with Gasteiger partial charge in [-0.3, -0.25) is 4.79 Å². The van der Waals surface area contributed by atoms with Crippen LogP contribution in [0.3, 0.4) is 0 Å². The molecular weight excluding hydrogens is 216 g/mol. The number of amides is 1. The SMILES string of the molecule is Cc1occc1C(=O)NCC1(CN)CCCC1. The second-order valence-electron chi connectivity index (χ2n) is 4.98. The van der Waals surface area contributed by atoms with E-state index in [4.69, 9.17) is 10.2 Å². The molecule has 4 nitrogen and oxygen atoms in total. The van der Waals surface area contributed by atoms with E-state index in [1.807, 2.05) is 0 Å². The summed E-state index contributed by atoms with van der Waals surface area (Å²) in [6, 6.07) is 1.70. The fourth-order valence-corrected chi connectivity index (χ4v) is 2.56. The Balaban J connectivity index is 1.94.